The van der Waals surface area contributed by atoms with Crippen LogP contribution in [0, 0.1) is 11.6 Å². The van der Waals surface area contributed by atoms with Gasteiger partial charge in [-0.2, -0.15) is 0 Å². The number of carbonyl (C=O) groups is 1. The maximum atomic E-state index is 13.6. The smallest absolute Gasteiger partial charge is 0.254 e. The molecule has 1 heterocycles. The number of carbonyl (C=O) groups excluding carboxylic acids is 1. The van der Waals surface area contributed by atoms with Gasteiger partial charge in [0.2, 0.25) is 0 Å². The number of hydrogen-bond donors (Lipinski definition) is 2. The minimum Gasteiger partial charge on any atom is -0.336 e. The lowest BCUT2D eigenvalue weighted by Crippen LogP contribution is -2.35. The topological polar surface area (TPSA) is 58.4 Å². The van der Waals surface area contributed by atoms with Crippen LogP contribution in [-0.2, 0) is 0 Å². The standard InChI is InChI=1S/C13H17F2N3O/c1-2-9-4-3-5-18(9)13(19)8-6-10(14)12(17-16)11(15)7-8/h6-7,9,17H,2-5,16H2,1H3. The number of nitrogen functional groups attached to an aromatic ring is 1. The van der Waals surface area contributed by atoms with Gasteiger partial charge in [0, 0.05) is 18.2 Å². The van der Waals surface area contributed by atoms with Gasteiger partial charge in [-0.15, -0.1) is 0 Å². The van der Waals surface area contributed by atoms with Crippen LogP contribution in [0.5, 0.6) is 0 Å². The SMILES string of the molecule is CCC1CCCN1C(=O)c1cc(F)c(NN)c(F)c1. The first-order chi connectivity index (χ1) is 9.08. The zero-order valence-electron chi connectivity index (χ0n) is 10.7. The molecule has 4 nitrogen and oxygen atoms in total. The van der Waals surface area contributed by atoms with Crippen molar-refractivity contribution >= 4 is 11.6 Å². The summed E-state index contributed by atoms with van der Waals surface area (Å²) in [7, 11) is 0. The normalized spacial score (nSPS) is 18.7. The summed E-state index contributed by atoms with van der Waals surface area (Å²) in [6.45, 7) is 2.64. The molecule has 104 valence electrons. The lowest BCUT2D eigenvalue weighted by Gasteiger charge is -2.23. The summed E-state index contributed by atoms with van der Waals surface area (Å²) in [5.74, 6) is 2.96. The van der Waals surface area contributed by atoms with Crippen molar-refractivity contribution < 1.29 is 13.6 Å². The second-order valence-electron chi connectivity index (χ2n) is 4.66. The third kappa shape index (κ3) is 2.53. The number of amides is 1. The number of rotatable bonds is 3. The van der Waals surface area contributed by atoms with Crippen molar-refractivity contribution in [1.82, 2.24) is 4.90 Å². The molecule has 19 heavy (non-hydrogen) atoms. The molecular formula is C13H17F2N3O. The molecule has 0 saturated carbocycles. The molecule has 0 aliphatic carbocycles. The van der Waals surface area contributed by atoms with Crippen LogP contribution in [0.2, 0.25) is 0 Å². The van der Waals surface area contributed by atoms with Gasteiger partial charge in [0.25, 0.3) is 5.91 Å². The van der Waals surface area contributed by atoms with E-state index >= 15 is 0 Å². The van der Waals surface area contributed by atoms with Crippen molar-refractivity contribution in [1.29, 1.82) is 0 Å². The minimum atomic E-state index is -0.863. The highest BCUT2D eigenvalue weighted by Crippen LogP contribution is 2.25. The van der Waals surface area contributed by atoms with Gasteiger partial charge in [-0.05, 0) is 31.4 Å². The summed E-state index contributed by atoms with van der Waals surface area (Å²) in [4.78, 5) is 13.9. The third-order valence-corrected chi connectivity index (χ3v) is 3.54. The summed E-state index contributed by atoms with van der Waals surface area (Å²) in [6, 6.07) is 2.20. The van der Waals surface area contributed by atoms with Crippen molar-refractivity contribution in [3.63, 3.8) is 0 Å². The van der Waals surface area contributed by atoms with Crippen molar-refractivity contribution in [2.24, 2.45) is 5.84 Å². The van der Waals surface area contributed by atoms with E-state index in [4.69, 9.17) is 5.84 Å². The van der Waals surface area contributed by atoms with Crippen LogP contribution in [0.3, 0.4) is 0 Å². The number of nitrogens with two attached hydrogens (primary N) is 1. The Morgan fingerprint density at radius 1 is 1.47 bits per heavy atom. The molecule has 0 bridgehead atoms. The van der Waals surface area contributed by atoms with Crippen LogP contribution in [0.15, 0.2) is 12.1 Å². The molecule has 1 aromatic rings. The quantitative estimate of drug-likeness (QED) is 0.653. The molecule has 1 atom stereocenters. The second-order valence-corrected chi connectivity index (χ2v) is 4.66. The van der Waals surface area contributed by atoms with Gasteiger partial charge in [-0.3, -0.25) is 10.6 Å². The van der Waals surface area contributed by atoms with E-state index in [9.17, 15) is 13.6 Å². The fourth-order valence-electron chi connectivity index (χ4n) is 2.53. The van der Waals surface area contributed by atoms with E-state index in [-0.39, 0.29) is 17.5 Å². The maximum absolute atomic E-state index is 13.6. The first kappa shape index (κ1) is 13.7. The zero-order chi connectivity index (χ0) is 14.0. The van der Waals surface area contributed by atoms with Gasteiger partial charge in [-0.1, -0.05) is 6.92 Å². The Balaban J connectivity index is 2.29. The largest absolute Gasteiger partial charge is 0.336 e. The van der Waals surface area contributed by atoms with E-state index < -0.39 is 17.3 Å². The van der Waals surface area contributed by atoms with Gasteiger partial charge < -0.3 is 10.3 Å². The molecule has 1 saturated heterocycles. The Morgan fingerprint density at radius 3 is 2.63 bits per heavy atom. The fourth-order valence-corrected chi connectivity index (χ4v) is 2.53. The van der Waals surface area contributed by atoms with E-state index in [1.165, 1.54) is 0 Å². The van der Waals surface area contributed by atoms with Gasteiger partial charge in [0.05, 0.1) is 0 Å². The van der Waals surface area contributed by atoms with E-state index in [0.717, 1.165) is 31.4 Å². The third-order valence-electron chi connectivity index (χ3n) is 3.54. The van der Waals surface area contributed by atoms with Crippen LogP contribution in [0.25, 0.3) is 0 Å². The van der Waals surface area contributed by atoms with E-state index in [1.54, 1.807) is 4.90 Å². The predicted octanol–water partition coefficient (Wildman–Crippen LogP) is 2.26. The molecule has 2 rings (SSSR count). The lowest BCUT2D eigenvalue weighted by molar-refractivity contribution is 0.0732. The van der Waals surface area contributed by atoms with Crippen LogP contribution in [0.1, 0.15) is 36.5 Å². The van der Waals surface area contributed by atoms with Gasteiger partial charge in [0.15, 0.2) is 11.6 Å². The molecule has 1 aromatic carbocycles. The molecule has 1 amide bonds. The van der Waals surface area contributed by atoms with Crippen LogP contribution in [0.4, 0.5) is 14.5 Å². The number of nitrogens with zero attached hydrogens (tertiary/aromatic N) is 1. The van der Waals surface area contributed by atoms with Crippen LogP contribution in [-0.4, -0.2) is 23.4 Å². The van der Waals surface area contributed by atoms with Crippen LogP contribution < -0.4 is 11.3 Å². The minimum absolute atomic E-state index is 0.0225. The summed E-state index contributed by atoms with van der Waals surface area (Å²) in [5.41, 5.74) is 1.54. The number of hydrazine groups is 1. The lowest BCUT2D eigenvalue weighted by atomic mass is 10.1. The Labute approximate surface area is 110 Å². The predicted molar refractivity (Wildman–Crippen MR) is 68.5 cm³/mol. The summed E-state index contributed by atoms with van der Waals surface area (Å²) in [6.07, 6.45) is 2.71. The molecule has 0 aromatic heterocycles. The average molecular weight is 269 g/mol. The van der Waals surface area contributed by atoms with E-state index in [1.807, 2.05) is 12.3 Å². The van der Waals surface area contributed by atoms with Gasteiger partial charge in [0.1, 0.15) is 5.69 Å². The monoisotopic (exact) mass is 269 g/mol. The fraction of sp³-hybridized carbons (Fsp3) is 0.462. The maximum Gasteiger partial charge on any atom is 0.254 e. The first-order valence-electron chi connectivity index (χ1n) is 6.35. The highest BCUT2D eigenvalue weighted by atomic mass is 19.1. The molecule has 1 aliphatic rings. The van der Waals surface area contributed by atoms with Crippen molar-refractivity contribution in [3.8, 4) is 0 Å². The number of anilines is 1. The molecular weight excluding hydrogens is 252 g/mol. The number of nitrogens with one attached hydrogen (secondary N) is 1. The van der Waals surface area contributed by atoms with Gasteiger partial charge >= 0.3 is 0 Å². The summed E-state index contributed by atoms with van der Waals surface area (Å²) < 4.78 is 27.2. The number of likely N-dealkylation sites (tertiary alicyclic amines) is 1. The number of hydrogen-bond acceptors (Lipinski definition) is 3. The van der Waals surface area contributed by atoms with Crippen LogP contribution >= 0.6 is 0 Å². The highest BCUT2D eigenvalue weighted by molar-refractivity contribution is 5.95. The molecule has 1 fully saturated rings. The zero-order valence-corrected chi connectivity index (χ0v) is 10.7. The van der Waals surface area contributed by atoms with Crippen molar-refractivity contribution in [3.05, 3.63) is 29.3 Å². The van der Waals surface area contributed by atoms with E-state index in [0.29, 0.717) is 6.54 Å². The average Bonchev–Trinajstić information content (AvgIpc) is 2.85. The number of halogens is 2. The molecule has 0 radical (unpaired) electrons. The first-order valence-corrected chi connectivity index (χ1v) is 6.35. The molecule has 1 aliphatic heterocycles. The summed E-state index contributed by atoms with van der Waals surface area (Å²) >= 11 is 0. The van der Waals surface area contributed by atoms with Crippen molar-refractivity contribution in [2.45, 2.75) is 32.2 Å². The van der Waals surface area contributed by atoms with E-state index in [2.05, 4.69) is 0 Å². The second kappa shape index (κ2) is 5.52. The molecule has 6 heteroatoms. The number of benzene rings is 1. The summed E-state index contributed by atoms with van der Waals surface area (Å²) in [5, 5.41) is 0. The Bertz CT molecular complexity index is 470. The van der Waals surface area contributed by atoms with Gasteiger partial charge in [-0.25, -0.2) is 8.78 Å². The van der Waals surface area contributed by atoms with Crippen molar-refractivity contribution in [2.75, 3.05) is 12.0 Å². The highest BCUT2D eigenvalue weighted by Gasteiger charge is 2.29. The Hall–Kier alpha value is -1.69. The Kier molecular flexibility index (Phi) is 3.99. The molecule has 3 N–H and O–H groups in total. The Morgan fingerprint density at radius 2 is 2.11 bits per heavy atom. The molecule has 1 unspecified atom stereocenters. The molecule has 0 spiro atoms.